The van der Waals surface area contributed by atoms with Gasteiger partial charge in [0.05, 0.1) is 20.8 Å². The molecule has 1 aliphatic rings. The van der Waals surface area contributed by atoms with Crippen LogP contribution >= 0.6 is 0 Å². The summed E-state index contributed by atoms with van der Waals surface area (Å²) in [6.45, 7) is 6.54. The topological polar surface area (TPSA) is 91.4 Å². The average Bonchev–Trinajstić information content (AvgIpc) is 2.69. The van der Waals surface area contributed by atoms with Crippen LogP contribution in [0.3, 0.4) is 0 Å². The molecule has 158 valence electrons. The van der Waals surface area contributed by atoms with Gasteiger partial charge < -0.3 is 14.8 Å². The van der Waals surface area contributed by atoms with Crippen molar-refractivity contribution in [3.05, 3.63) is 18.2 Å². The Morgan fingerprint density at radius 1 is 1.07 bits per heavy atom. The smallest absolute Gasteiger partial charge is 0.282 e. The zero-order valence-electron chi connectivity index (χ0n) is 17.0. The van der Waals surface area contributed by atoms with Gasteiger partial charge in [-0.3, -0.25) is 9.69 Å². The molecule has 1 aliphatic heterocycles. The number of nitrogens with zero attached hydrogens (tertiary/aromatic N) is 3. The van der Waals surface area contributed by atoms with Crippen molar-refractivity contribution in [2.75, 3.05) is 65.3 Å². The third-order valence-corrected chi connectivity index (χ3v) is 6.91. The van der Waals surface area contributed by atoms with E-state index >= 15 is 0 Å². The number of hydrogen-bond acceptors (Lipinski definition) is 6. The van der Waals surface area contributed by atoms with Crippen LogP contribution in [0.15, 0.2) is 18.2 Å². The number of carbonyl (C=O) groups is 1. The highest BCUT2D eigenvalue weighted by Crippen LogP contribution is 2.29. The van der Waals surface area contributed by atoms with Gasteiger partial charge >= 0.3 is 0 Å². The Morgan fingerprint density at radius 2 is 1.68 bits per heavy atom. The first-order valence-electron chi connectivity index (χ1n) is 9.35. The third-order valence-electron chi connectivity index (χ3n) is 4.72. The van der Waals surface area contributed by atoms with Crippen LogP contribution in [0.2, 0.25) is 0 Å². The highest BCUT2D eigenvalue weighted by molar-refractivity contribution is 7.86. The maximum Gasteiger partial charge on any atom is 0.282 e. The lowest BCUT2D eigenvalue weighted by Gasteiger charge is -2.35. The Kier molecular flexibility index (Phi) is 8.05. The zero-order chi connectivity index (χ0) is 20.7. The molecule has 2 rings (SSSR count). The molecule has 0 aliphatic carbocycles. The molecule has 0 atom stereocenters. The standard InChI is InChI=1S/C18H30N4O5S/c1-5-21(6-2)28(24,25)22-11-9-20(10-12-22)14-18(23)19-15-7-8-16(26-3)17(13-15)27-4/h7-8,13H,5-6,9-12,14H2,1-4H3,(H,19,23). The first kappa shape index (κ1) is 22.4. The number of methoxy groups -OCH3 is 2. The van der Waals surface area contributed by atoms with Gasteiger partial charge in [-0.05, 0) is 12.1 Å². The van der Waals surface area contributed by atoms with Crippen LogP contribution in [0, 0.1) is 0 Å². The zero-order valence-corrected chi connectivity index (χ0v) is 17.8. The van der Waals surface area contributed by atoms with Crippen molar-refractivity contribution in [1.82, 2.24) is 13.5 Å². The molecule has 1 N–H and O–H groups in total. The fourth-order valence-electron chi connectivity index (χ4n) is 3.15. The van der Waals surface area contributed by atoms with Gasteiger partial charge in [0.15, 0.2) is 11.5 Å². The second kappa shape index (κ2) is 10.1. The second-order valence-electron chi connectivity index (χ2n) is 6.39. The van der Waals surface area contributed by atoms with Crippen LogP contribution in [-0.4, -0.2) is 87.9 Å². The number of rotatable bonds is 9. The SMILES string of the molecule is CCN(CC)S(=O)(=O)N1CCN(CC(=O)Nc2ccc(OC)c(OC)c2)CC1. The predicted molar refractivity (Wildman–Crippen MR) is 108 cm³/mol. The van der Waals surface area contributed by atoms with Crippen LogP contribution < -0.4 is 14.8 Å². The highest BCUT2D eigenvalue weighted by atomic mass is 32.2. The van der Waals surface area contributed by atoms with Gasteiger partial charge in [0, 0.05) is 51.0 Å². The van der Waals surface area contributed by atoms with Crippen molar-refractivity contribution < 1.29 is 22.7 Å². The Balaban J connectivity index is 1.88. The summed E-state index contributed by atoms with van der Waals surface area (Å²) in [5, 5.41) is 2.84. The molecule has 0 radical (unpaired) electrons. The van der Waals surface area contributed by atoms with Gasteiger partial charge in [0.1, 0.15) is 0 Å². The average molecular weight is 415 g/mol. The summed E-state index contributed by atoms with van der Waals surface area (Å²) in [5.74, 6) is 0.967. The minimum atomic E-state index is -3.43. The summed E-state index contributed by atoms with van der Waals surface area (Å²) in [6, 6.07) is 5.17. The Morgan fingerprint density at radius 3 is 2.21 bits per heavy atom. The van der Waals surface area contributed by atoms with Gasteiger partial charge in [0.2, 0.25) is 5.91 Å². The van der Waals surface area contributed by atoms with Crippen LogP contribution in [0.25, 0.3) is 0 Å². The first-order chi connectivity index (χ1) is 13.3. The van der Waals surface area contributed by atoms with Crippen LogP contribution in [0.4, 0.5) is 5.69 Å². The number of ether oxygens (including phenoxy) is 2. The molecule has 0 spiro atoms. The van der Waals surface area contributed by atoms with E-state index in [1.54, 1.807) is 25.3 Å². The predicted octanol–water partition coefficient (Wildman–Crippen LogP) is 0.847. The lowest BCUT2D eigenvalue weighted by molar-refractivity contribution is -0.117. The van der Waals surface area contributed by atoms with Crippen molar-refractivity contribution in [1.29, 1.82) is 0 Å². The fraction of sp³-hybridized carbons (Fsp3) is 0.611. The molecule has 10 heteroatoms. The minimum absolute atomic E-state index is 0.160. The Labute approximate surface area is 167 Å². The van der Waals surface area contributed by atoms with E-state index in [2.05, 4.69) is 5.32 Å². The molecular weight excluding hydrogens is 384 g/mol. The third kappa shape index (κ3) is 5.34. The number of nitrogens with one attached hydrogen (secondary N) is 1. The largest absolute Gasteiger partial charge is 0.493 e. The fourth-order valence-corrected chi connectivity index (χ4v) is 4.75. The van der Waals surface area contributed by atoms with E-state index in [0.717, 1.165) is 0 Å². The molecule has 1 saturated heterocycles. The summed E-state index contributed by atoms with van der Waals surface area (Å²) in [6.07, 6.45) is 0. The number of hydrogen-bond donors (Lipinski definition) is 1. The molecule has 1 aromatic carbocycles. The van der Waals surface area contributed by atoms with Crippen molar-refractivity contribution >= 4 is 21.8 Å². The second-order valence-corrected chi connectivity index (χ2v) is 8.31. The Hall–Kier alpha value is -1.88. The van der Waals surface area contributed by atoms with E-state index in [0.29, 0.717) is 56.5 Å². The summed E-state index contributed by atoms with van der Waals surface area (Å²) >= 11 is 0. The number of carbonyl (C=O) groups excluding carboxylic acids is 1. The van der Waals surface area contributed by atoms with Gasteiger partial charge in [-0.25, -0.2) is 0 Å². The maximum absolute atomic E-state index is 12.6. The van der Waals surface area contributed by atoms with E-state index in [9.17, 15) is 13.2 Å². The van der Waals surface area contributed by atoms with Gasteiger partial charge in [-0.2, -0.15) is 17.0 Å². The molecule has 0 unspecified atom stereocenters. The van der Waals surface area contributed by atoms with Crippen LogP contribution in [0.5, 0.6) is 11.5 Å². The summed E-state index contributed by atoms with van der Waals surface area (Å²) < 4.78 is 38.5. The first-order valence-corrected chi connectivity index (χ1v) is 10.7. The van der Waals surface area contributed by atoms with Crippen molar-refractivity contribution in [3.8, 4) is 11.5 Å². The number of benzene rings is 1. The maximum atomic E-state index is 12.6. The summed E-state index contributed by atoms with van der Waals surface area (Å²) in [4.78, 5) is 14.3. The van der Waals surface area contributed by atoms with E-state index in [-0.39, 0.29) is 12.5 Å². The number of amides is 1. The van der Waals surface area contributed by atoms with Crippen molar-refractivity contribution in [2.24, 2.45) is 0 Å². The van der Waals surface area contributed by atoms with E-state index < -0.39 is 10.2 Å². The van der Waals surface area contributed by atoms with E-state index in [4.69, 9.17) is 9.47 Å². The summed E-state index contributed by atoms with van der Waals surface area (Å²) in [5.41, 5.74) is 0.616. The Bertz CT molecular complexity index is 759. The molecule has 1 heterocycles. The molecule has 1 fully saturated rings. The van der Waals surface area contributed by atoms with Crippen molar-refractivity contribution in [2.45, 2.75) is 13.8 Å². The molecule has 1 amide bonds. The number of anilines is 1. The lowest BCUT2D eigenvalue weighted by Crippen LogP contribution is -2.54. The molecule has 0 aromatic heterocycles. The van der Waals surface area contributed by atoms with Gasteiger partial charge in [0.25, 0.3) is 10.2 Å². The summed E-state index contributed by atoms with van der Waals surface area (Å²) in [7, 11) is -0.337. The molecule has 0 bridgehead atoms. The van der Waals surface area contributed by atoms with E-state index in [1.165, 1.54) is 15.7 Å². The van der Waals surface area contributed by atoms with Crippen LogP contribution in [-0.2, 0) is 15.0 Å². The molecule has 9 nitrogen and oxygen atoms in total. The molecular formula is C18H30N4O5S. The van der Waals surface area contributed by atoms with E-state index in [1.807, 2.05) is 18.7 Å². The van der Waals surface area contributed by atoms with Gasteiger partial charge in [-0.15, -0.1) is 0 Å². The lowest BCUT2D eigenvalue weighted by atomic mass is 10.2. The number of piperazine rings is 1. The normalized spacial score (nSPS) is 16.2. The molecule has 0 saturated carbocycles. The monoisotopic (exact) mass is 414 g/mol. The minimum Gasteiger partial charge on any atom is -0.493 e. The quantitative estimate of drug-likeness (QED) is 0.644. The molecule has 28 heavy (non-hydrogen) atoms. The van der Waals surface area contributed by atoms with Crippen LogP contribution in [0.1, 0.15) is 13.8 Å². The van der Waals surface area contributed by atoms with Crippen molar-refractivity contribution in [3.63, 3.8) is 0 Å². The van der Waals surface area contributed by atoms with Gasteiger partial charge in [-0.1, -0.05) is 13.8 Å². The molecule has 1 aromatic rings. The highest BCUT2D eigenvalue weighted by Gasteiger charge is 2.31.